The van der Waals surface area contributed by atoms with Crippen LogP contribution in [0.3, 0.4) is 0 Å². The molecule has 0 N–H and O–H groups in total. The van der Waals surface area contributed by atoms with Gasteiger partial charge >= 0.3 is 8.80 Å². The molecule has 0 aromatic rings. The van der Waals surface area contributed by atoms with E-state index < -0.39 is 8.80 Å². The molecular formula is C10H18O3Si. The molecule has 0 unspecified atom stereocenters. The normalized spacial score (nSPS) is 10.3. The first kappa shape index (κ1) is 12.8. The van der Waals surface area contributed by atoms with E-state index in [1.807, 2.05) is 0 Å². The molecule has 0 aliphatic carbocycles. The summed E-state index contributed by atoms with van der Waals surface area (Å²) in [6.07, 6.45) is 0. The molecule has 0 heterocycles. The molecule has 14 heavy (non-hydrogen) atoms. The lowest BCUT2D eigenvalue weighted by Gasteiger charge is -2.27. The maximum atomic E-state index is 5.44. The van der Waals surface area contributed by atoms with Crippen molar-refractivity contribution >= 4 is 8.80 Å². The zero-order valence-electron chi connectivity index (χ0n) is 9.35. The third-order valence-corrected chi connectivity index (χ3v) is 3.24. The lowest BCUT2D eigenvalue weighted by Crippen LogP contribution is -2.40. The predicted molar refractivity (Wildman–Crippen MR) is 59.3 cm³/mol. The molecule has 0 saturated carbocycles. The van der Waals surface area contributed by atoms with Crippen LogP contribution in [-0.2, 0) is 13.3 Å². The minimum Gasteiger partial charge on any atom is -0.488 e. The van der Waals surface area contributed by atoms with Gasteiger partial charge < -0.3 is 13.3 Å². The Morgan fingerprint density at radius 3 is 1.14 bits per heavy atom. The summed E-state index contributed by atoms with van der Waals surface area (Å²) < 4.78 is 16.3. The first-order valence-electron chi connectivity index (χ1n) is 4.29. The van der Waals surface area contributed by atoms with Crippen molar-refractivity contribution in [2.24, 2.45) is 0 Å². The predicted octanol–water partition coefficient (Wildman–Crippen LogP) is 3.21. The second-order valence-corrected chi connectivity index (χ2v) is 5.61. The minimum atomic E-state index is -2.74. The Hall–Kier alpha value is -1.16. The van der Waals surface area contributed by atoms with E-state index in [-0.39, 0.29) is 0 Å². The standard InChI is InChI=1S/C10H18O3Si/c1-8(2)11-14(7,12-9(3)4)13-10(5)6/h1,3,5H2,2,4,6-7H3. The highest BCUT2D eigenvalue weighted by atomic mass is 28.4. The highest BCUT2D eigenvalue weighted by Crippen LogP contribution is 2.18. The van der Waals surface area contributed by atoms with Gasteiger partial charge in [-0.1, -0.05) is 19.7 Å². The van der Waals surface area contributed by atoms with Crippen LogP contribution in [0.1, 0.15) is 20.8 Å². The van der Waals surface area contributed by atoms with Crippen LogP contribution in [0, 0.1) is 0 Å². The average Bonchev–Trinajstić information content (AvgIpc) is 1.76. The fourth-order valence-electron chi connectivity index (χ4n) is 1.01. The molecule has 0 rings (SSSR count). The maximum absolute atomic E-state index is 5.44. The molecule has 0 radical (unpaired) electrons. The summed E-state index contributed by atoms with van der Waals surface area (Å²) in [6, 6.07) is 0. The molecule has 0 aromatic carbocycles. The Bertz CT molecular complexity index is 217. The zero-order chi connectivity index (χ0) is 11.4. The molecule has 0 aliphatic heterocycles. The monoisotopic (exact) mass is 214 g/mol. The van der Waals surface area contributed by atoms with E-state index in [4.69, 9.17) is 13.3 Å². The summed E-state index contributed by atoms with van der Waals surface area (Å²) in [7, 11) is -2.74. The van der Waals surface area contributed by atoms with E-state index in [1.54, 1.807) is 27.3 Å². The van der Waals surface area contributed by atoms with E-state index in [9.17, 15) is 0 Å². The van der Waals surface area contributed by atoms with Crippen LogP contribution in [0.15, 0.2) is 37.0 Å². The van der Waals surface area contributed by atoms with Gasteiger partial charge in [0.1, 0.15) is 0 Å². The summed E-state index contributed by atoms with van der Waals surface area (Å²) in [5.74, 6) is 1.67. The third-order valence-electron chi connectivity index (χ3n) is 1.08. The quantitative estimate of drug-likeness (QED) is 0.502. The minimum absolute atomic E-state index is 0.557. The summed E-state index contributed by atoms with van der Waals surface area (Å²) in [4.78, 5) is 0. The fraction of sp³-hybridized carbons (Fsp3) is 0.400. The van der Waals surface area contributed by atoms with Gasteiger partial charge in [-0.2, -0.15) is 0 Å². The third kappa shape index (κ3) is 5.48. The topological polar surface area (TPSA) is 27.7 Å². The largest absolute Gasteiger partial charge is 0.695 e. The zero-order valence-corrected chi connectivity index (χ0v) is 10.3. The maximum Gasteiger partial charge on any atom is 0.695 e. The fourth-order valence-corrected chi connectivity index (χ4v) is 3.04. The summed E-state index contributed by atoms with van der Waals surface area (Å²) >= 11 is 0. The highest BCUT2D eigenvalue weighted by molar-refractivity contribution is 6.60. The van der Waals surface area contributed by atoms with Gasteiger partial charge in [-0.15, -0.1) is 0 Å². The highest BCUT2D eigenvalue weighted by Gasteiger charge is 2.42. The van der Waals surface area contributed by atoms with Crippen LogP contribution in [0.25, 0.3) is 0 Å². The lowest BCUT2D eigenvalue weighted by molar-refractivity contribution is 0.153. The van der Waals surface area contributed by atoms with Crippen LogP contribution in [0.5, 0.6) is 0 Å². The first-order chi connectivity index (χ1) is 6.25. The second-order valence-electron chi connectivity index (χ2n) is 3.27. The molecule has 0 aliphatic rings. The van der Waals surface area contributed by atoms with Gasteiger partial charge in [0.2, 0.25) is 0 Å². The Morgan fingerprint density at radius 1 is 0.786 bits per heavy atom. The molecule has 0 atom stereocenters. The number of allylic oxidation sites excluding steroid dienone is 3. The van der Waals surface area contributed by atoms with Crippen molar-refractivity contribution in [3.63, 3.8) is 0 Å². The SMILES string of the molecule is C=C(C)O[Si](C)(OC(=C)C)OC(=C)C. The van der Waals surface area contributed by atoms with Crippen molar-refractivity contribution in [1.29, 1.82) is 0 Å². The van der Waals surface area contributed by atoms with Crippen LogP contribution in [-0.4, -0.2) is 8.80 Å². The Labute approximate surface area is 87.0 Å². The average molecular weight is 214 g/mol. The van der Waals surface area contributed by atoms with Crippen molar-refractivity contribution < 1.29 is 13.3 Å². The first-order valence-corrected chi connectivity index (χ1v) is 6.51. The molecule has 0 amide bonds. The Balaban J connectivity index is 4.56. The second kappa shape index (κ2) is 4.90. The van der Waals surface area contributed by atoms with Crippen molar-refractivity contribution in [1.82, 2.24) is 0 Å². The van der Waals surface area contributed by atoms with Crippen molar-refractivity contribution in [3.05, 3.63) is 37.0 Å². The molecule has 3 nitrogen and oxygen atoms in total. The van der Waals surface area contributed by atoms with Gasteiger partial charge in [-0.3, -0.25) is 0 Å². The molecule has 80 valence electrons. The van der Waals surface area contributed by atoms with Gasteiger partial charge in [0.05, 0.1) is 17.3 Å². The number of hydrogen-bond acceptors (Lipinski definition) is 3. The van der Waals surface area contributed by atoms with Crippen LogP contribution < -0.4 is 0 Å². The van der Waals surface area contributed by atoms with Crippen LogP contribution in [0.2, 0.25) is 6.55 Å². The molecule has 4 heteroatoms. The van der Waals surface area contributed by atoms with Crippen molar-refractivity contribution in [2.75, 3.05) is 0 Å². The molecule has 0 aromatic heterocycles. The van der Waals surface area contributed by atoms with Crippen molar-refractivity contribution in [3.8, 4) is 0 Å². The van der Waals surface area contributed by atoms with Gasteiger partial charge in [-0.25, -0.2) is 0 Å². The summed E-state index contributed by atoms with van der Waals surface area (Å²) in [6.45, 7) is 17.9. The number of hydrogen-bond donors (Lipinski definition) is 0. The molecule has 0 saturated heterocycles. The molecule has 0 fully saturated rings. The summed E-state index contributed by atoms with van der Waals surface area (Å²) in [5, 5.41) is 0. The Kier molecular flexibility index (Phi) is 4.50. The van der Waals surface area contributed by atoms with Crippen molar-refractivity contribution in [2.45, 2.75) is 27.3 Å². The number of rotatable bonds is 6. The van der Waals surface area contributed by atoms with E-state index in [1.165, 1.54) is 0 Å². The smallest absolute Gasteiger partial charge is 0.488 e. The van der Waals surface area contributed by atoms with E-state index in [2.05, 4.69) is 19.7 Å². The van der Waals surface area contributed by atoms with Crippen LogP contribution in [0.4, 0.5) is 0 Å². The summed E-state index contributed by atoms with van der Waals surface area (Å²) in [5.41, 5.74) is 0. The molecular weight excluding hydrogens is 196 g/mol. The Morgan fingerprint density at radius 2 is 1.00 bits per heavy atom. The lowest BCUT2D eigenvalue weighted by atomic mass is 10.7. The van der Waals surface area contributed by atoms with Gasteiger partial charge in [0, 0.05) is 6.55 Å². The van der Waals surface area contributed by atoms with E-state index >= 15 is 0 Å². The van der Waals surface area contributed by atoms with E-state index in [0.717, 1.165) is 0 Å². The van der Waals surface area contributed by atoms with Gasteiger partial charge in [0.15, 0.2) is 0 Å². The van der Waals surface area contributed by atoms with Crippen LogP contribution >= 0.6 is 0 Å². The van der Waals surface area contributed by atoms with E-state index in [0.29, 0.717) is 17.3 Å². The molecule has 0 bridgehead atoms. The van der Waals surface area contributed by atoms with Gasteiger partial charge in [-0.05, 0) is 20.8 Å². The van der Waals surface area contributed by atoms with Gasteiger partial charge in [0.25, 0.3) is 0 Å². The molecule has 0 spiro atoms.